The van der Waals surface area contributed by atoms with E-state index in [0.717, 1.165) is 35.6 Å². The summed E-state index contributed by atoms with van der Waals surface area (Å²) in [5.74, 6) is 0. The first-order chi connectivity index (χ1) is 17.2. The van der Waals surface area contributed by atoms with Crippen molar-refractivity contribution in [1.29, 1.82) is 0 Å². The number of aliphatic imine (C=N–C) groups is 2. The van der Waals surface area contributed by atoms with E-state index in [0.29, 0.717) is 13.2 Å². The summed E-state index contributed by atoms with van der Waals surface area (Å²) in [7, 11) is -2.01. The zero-order valence-corrected chi connectivity index (χ0v) is 30.2. The third kappa shape index (κ3) is 14.0. The molecule has 2 aromatic carbocycles. The summed E-state index contributed by atoms with van der Waals surface area (Å²) in [6.07, 6.45) is 1.46. The Morgan fingerprint density at radius 1 is 0.649 bits per heavy atom. The molecule has 0 N–H and O–H groups in total. The number of hydrogen-bond donors (Lipinski definition) is 0. The summed E-state index contributed by atoms with van der Waals surface area (Å²) < 4.78 is 12.5. The average molecular weight is 715 g/mol. The second-order valence-electron chi connectivity index (χ2n) is 11.1. The molecule has 2 rings (SSSR count). The molecular formula is C28H44Br2N2NiO2Si2. The summed E-state index contributed by atoms with van der Waals surface area (Å²) in [5, 5.41) is 0. The molecule has 4 nitrogen and oxygen atoms in total. The van der Waals surface area contributed by atoms with Gasteiger partial charge in [0.1, 0.15) is 0 Å². The van der Waals surface area contributed by atoms with Crippen molar-refractivity contribution in [3.63, 3.8) is 0 Å². The quantitative estimate of drug-likeness (QED) is 0.172. The Bertz CT molecular complexity index is 941. The standard InChI is InChI=1S/C28H44N2O2Si2.2BrH.Ni/c1-21-13-11-14-22(2)27(21)29-25(17-19-31-33(5,6)7)26(18-20-32-34(8,9)10)30-28-23(3)15-12-16-24(28)4;;;/h11-16H,17-20H2,1-10H3;2*1H;/q;;;+2/p-2. The molecule has 2 aromatic rings. The molecule has 0 bridgehead atoms. The molecule has 0 atom stereocenters. The molecule has 0 fully saturated rings. The first kappa shape index (κ1) is 34.6. The van der Waals surface area contributed by atoms with Crippen molar-refractivity contribution in [2.45, 2.75) is 79.8 Å². The summed E-state index contributed by atoms with van der Waals surface area (Å²) in [4.78, 5) is 10.5. The van der Waals surface area contributed by atoms with Gasteiger partial charge in [-0.15, -0.1) is 0 Å². The van der Waals surface area contributed by atoms with Crippen LogP contribution in [-0.2, 0) is 19.7 Å². The molecule has 0 aromatic heterocycles. The topological polar surface area (TPSA) is 43.2 Å². The number of aryl methyl sites for hydroxylation is 4. The zero-order chi connectivity index (χ0) is 28.2. The fourth-order valence-electron chi connectivity index (χ4n) is 3.67. The van der Waals surface area contributed by atoms with Gasteiger partial charge in [-0.2, -0.15) is 0 Å². The van der Waals surface area contributed by atoms with Crippen LogP contribution < -0.4 is 0 Å². The molecule has 0 spiro atoms. The molecule has 0 heterocycles. The Morgan fingerprint density at radius 3 is 1.16 bits per heavy atom. The van der Waals surface area contributed by atoms with Crippen molar-refractivity contribution in [3.8, 4) is 0 Å². The number of para-hydroxylation sites is 2. The Balaban J connectivity index is 0.00000217. The monoisotopic (exact) mass is 712 g/mol. The number of rotatable bonds is 11. The fraction of sp³-hybridized carbons (Fsp3) is 0.500. The molecule has 0 aliphatic heterocycles. The molecule has 0 radical (unpaired) electrons. The van der Waals surface area contributed by atoms with Gasteiger partial charge in [0.15, 0.2) is 16.6 Å². The predicted molar refractivity (Wildman–Crippen MR) is 172 cm³/mol. The molecule has 0 aliphatic carbocycles. The van der Waals surface area contributed by atoms with E-state index >= 15 is 0 Å². The summed E-state index contributed by atoms with van der Waals surface area (Å²) in [6.45, 7) is 23.2. The van der Waals surface area contributed by atoms with Gasteiger partial charge in [-0.3, -0.25) is 9.98 Å². The minimum absolute atomic E-state index is 0.653. The number of benzene rings is 2. The average Bonchev–Trinajstić information content (AvgIpc) is 2.75. The number of nitrogens with zero attached hydrogens (tertiary/aromatic N) is 2. The maximum absolute atomic E-state index is 6.24. The van der Waals surface area contributed by atoms with E-state index in [1.54, 1.807) is 0 Å². The van der Waals surface area contributed by atoms with E-state index in [2.05, 4.69) is 132 Å². The van der Waals surface area contributed by atoms with Crippen LogP contribution in [0.3, 0.4) is 0 Å². The van der Waals surface area contributed by atoms with Gasteiger partial charge in [0.05, 0.1) is 22.8 Å². The third-order valence-electron chi connectivity index (χ3n) is 5.45. The molecule has 210 valence electrons. The first-order valence-electron chi connectivity index (χ1n) is 12.6. The summed E-state index contributed by atoms with van der Waals surface area (Å²) in [5.41, 5.74) is 8.76. The van der Waals surface area contributed by atoms with Gasteiger partial charge in [0.2, 0.25) is 0 Å². The van der Waals surface area contributed by atoms with E-state index in [1.165, 1.54) is 33.2 Å². The van der Waals surface area contributed by atoms with Gasteiger partial charge in [-0.25, -0.2) is 0 Å². The van der Waals surface area contributed by atoms with Crippen LogP contribution in [0.15, 0.2) is 46.4 Å². The maximum atomic E-state index is 6.24. The van der Waals surface area contributed by atoms with E-state index < -0.39 is 16.6 Å². The van der Waals surface area contributed by atoms with Crippen LogP contribution in [0.1, 0.15) is 35.1 Å². The van der Waals surface area contributed by atoms with Gasteiger partial charge in [-0.05, 0) is 89.2 Å². The van der Waals surface area contributed by atoms with E-state index in [-0.39, 0.29) is 0 Å². The number of halogens is 2. The van der Waals surface area contributed by atoms with Gasteiger partial charge in [-0.1, -0.05) is 36.4 Å². The fourth-order valence-corrected chi connectivity index (χ4v) is 5.10. The van der Waals surface area contributed by atoms with Crippen LogP contribution in [0.5, 0.6) is 0 Å². The van der Waals surface area contributed by atoms with Crippen LogP contribution in [0.4, 0.5) is 11.4 Å². The molecule has 0 saturated heterocycles. The van der Waals surface area contributed by atoms with Gasteiger partial charge >= 0.3 is 39.3 Å². The van der Waals surface area contributed by atoms with Crippen molar-refractivity contribution in [2.75, 3.05) is 13.2 Å². The third-order valence-corrected chi connectivity index (χ3v) is 7.59. The van der Waals surface area contributed by atoms with E-state index in [4.69, 9.17) is 18.8 Å². The van der Waals surface area contributed by atoms with Crippen LogP contribution in [0.2, 0.25) is 39.3 Å². The molecule has 0 aliphatic rings. The SMILES string of the molecule is Cc1cccc(C)c1N=C(CCO[Si](C)(C)C)C(CCO[Si](C)(C)C)=Nc1c(C)cccc1C.[Br][Ni][Br]. The Hall–Kier alpha value is -0.413. The van der Waals surface area contributed by atoms with Crippen LogP contribution in [-0.4, -0.2) is 41.3 Å². The molecule has 0 unspecified atom stereocenters. The van der Waals surface area contributed by atoms with Crippen molar-refractivity contribution < 1.29 is 19.7 Å². The summed E-state index contributed by atoms with van der Waals surface area (Å²) >= 11 is 6.00. The van der Waals surface area contributed by atoms with Gasteiger partial charge in [0.25, 0.3) is 0 Å². The zero-order valence-electron chi connectivity index (χ0n) is 24.1. The second-order valence-corrected chi connectivity index (χ2v) is 25.1. The molecule has 9 heteroatoms. The van der Waals surface area contributed by atoms with Crippen LogP contribution >= 0.6 is 28.5 Å². The predicted octanol–water partition coefficient (Wildman–Crippen LogP) is 9.94. The van der Waals surface area contributed by atoms with Crippen molar-refractivity contribution in [3.05, 3.63) is 58.7 Å². The Kier molecular flexibility index (Phi) is 15.6. The Labute approximate surface area is 247 Å². The molecular weight excluding hydrogens is 671 g/mol. The van der Waals surface area contributed by atoms with Crippen molar-refractivity contribution >= 4 is 67.9 Å². The van der Waals surface area contributed by atoms with Crippen LogP contribution in [0.25, 0.3) is 0 Å². The molecule has 0 amide bonds. The van der Waals surface area contributed by atoms with E-state index in [9.17, 15) is 0 Å². The second kappa shape index (κ2) is 16.6. The van der Waals surface area contributed by atoms with Gasteiger partial charge in [0, 0.05) is 26.1 Å². The minimum atomic E-state index is -1.63. The number of hydrogen-bond acceptors (Lipinski definition) is 4. The van der Waals surface area contributed by atoms with E-state index in [1.807, 2.05) is 0 Å². The van der Waals surface area contributed by atoms with Crippen molar-refractivity contribution in [2.24, 2.45) is 9.98 Å². The Morgan fingerprint density at radius 2 is 0.919 bits per heavy atom. The summed E-state index contributed by atoms with van der Waals surface area (Å²) in [6, 6.07) is 12.7. The first-order valence-corrected chi connectivity index (χ1v) is 24.3. The van der Waals surface area contributed by atoms with Gasteiger partial charge < -0.3 is 8.85 Å². The normalized spacial score (nSPS) is 13.0. The van der Waals surface area contributed by atoms with Crippen molar-refractivity contribution in [1.82, 2.24) is 0 Å². The molecule has 0 saturated carbocycles. The molecule has 37 heavy (non-hydrogen) atoms. The van der Waals surface area contributed by atoms with Crippen LogP contribution in [0, 0.1) is 27.7 Å².